The molecule has 1 aliphatic carbocycles. The molecule has 5 heteroatoms. The van der Waals surface area contributed by atoms with Crippen LogP contribution in [0.3, 0.4) is 0 Å². The van der Waals surface area contributed by atoms with Gasteiger partial charge in [-0.3, -0.25) is 4.79 Å². The summed E-state index contributed by atoms with van der Waals surface area (Å²) >= 11 is 0. The van der Waals surface area contributed by atoms with Crippen molar-refractivity contribution in [2.45, 2.75) is 26.7 Å². The number of fused-ring (bicyclic) bond motifs is 1. The highest BCUT2D eigenvalue weighted by Crippen LogP contribution is 2.27. The minimum atomic E-state index is -0.0746. The molecule has 0 bridgehead atoms. The van der Waals surface area contributed by atoms with Crippen LogP contribution in [0.1, 0.15) is 34.6 Å². The normalized spacial score (nSPS) is 15.0. The molecule has 2 aromatic rings. The van der Waals surface area contributed by atoms with Crippen molar-refractivity contribution in [3.63, 3.8) is 0 Å². The van der Waals surface area contributed by atoms with Gasteiger partial charge in [0.05, 0.1) is 6.20 Å². The number of rotatable bonds is 3. The van der Waals surface area contributed by atoms with Crippen LogP contribution in [0.25, 0.3) is 5.65 Å². The third-order valence-electron chi connectivity index (χ3n) is 3.27. The van der Waals surface area contributed by atoms with E-state index < -0.39 is 0 Å². The molecule has 1 fully saturated rings. The molecule has 0 saturated heterocycles. The largest absolute Gasteiger partial charge is 0.352 e. The third kappa shape index (κ3) is 1.96. The van der Waals surface area contributed by atoms with E-state index in [9.17, 15) is 4.79 Å². The molecule has 0 aromatic carbocycles. The number of amides is 1. The van der Waals surface area contributed by atoms with E-state index in [0.29, 0.717) is 17.1 Å². The summed E-state index contributed by atoms with van der Waals surface area (Å²) in [5.41, 5.74) is 3.08. The lowest BCUT2D eigenvalue weighted by atomic mass is 10.3. The van der Waals surface area contributed by atoms with Gasteiger partial charge in [0.15, 0.2) is 5.65 Å². The van der Waals surface area contributed by atoms with E-state index in [4.69, 9.17) is 0 Å². The van der Waals surface area contributed by atoms with Gasteiger partial charge in [-0.15, -0.1) is 0 Å². The van der Waals surface area contributed by atoms with Gasteiger partial charge >= 0.3 is 0 Å². The summed E-state index contributed by atoms with van der Waals surface area (Å²) in [6.45, 7) is 4.65. The van der Waals surface area contributed by atoms with Gasteiger partial charge in [-0.05, 0) is 38.7 Å². The lowest BCUT2D eigenvalue weighted by molar-refractivity contribution is 0.0953. The molecule has 1 aliphatic rings. The summed E-state index contributed by atoms with van der Waals surface area (Å²) in [5.74, 6) is 0.599. The van der Waals surface area contributed by atoms with Gasteiger partial charge in [0, 0.05) is 17.9 Å². The highest BCUT2D eigenvalue weighted by Gasteiger charge is 2.23. The number of carbonyl (C=O) groups excluding carboxylic acids is 1. The van der Waals surface area contributed by atoms with Crippen LogP contribution >= 0.6 is 0 Å². The average Bonchev–Trinajstić information content (AvgIpc) is 3.05. The monoisotopic (exact) mass is 244 g/mol. The number of hydrogen-bond donors (Lipinski definition) is 1. The minimum absolute atomic E-state index is 0.0746. The van der Waals surface area contributed by atoms with Gasteiger partial charge in [0.2, 0.25) is 0 Å². The first kappa shape index (κ1) is 11.2. The highest BCUT2D eigenvalue weighted by atomic mass is 16.1. The van der Waals surface area contributed by atoms with E-state index in [1.54, 1.807) is 10.7 Å². The number of aromatic nitrogens is 3. The van der Waals surface area contributed by atoms with Gasteiger partial charge in [0.1, 0.15) is 5.56 Å². The Hall–Kier alpha value is -1.91. The Morgan fingerprint density at radius 3 is 3.00 bits per heavy atom. The number of nitrogens with zero attached hydrogens (tertiary/aromatic N) is 3. The lowest BCUT2D eigenvalue weighted by Gasteiger charge is -2.03. The van der Waals surface area contributed by atoms with Crippen LogP contribution in [0, 0.1) is 19.8 Å². The first-order chi connectivity index (χ1) is 8.65. The SMILES string of the molecule is Cc1cc(C)n2ncc(C(=O)NCC3CC3)c2n1. The molecule has 2 heterocycles. The second kappa shape index (κ2) is 4.08. The van der Waals surface area contributed by atoms with E-state index in [1.807, 2.05) is 19.9 Å². The van der Waals surface area contributed by atoms with Gasteiger partial charge in [-0.1, -0.05) is 0 Å². The topological polar surface area (TPSA) is 59.3 Å². The summed E-state index contributed by atoms with van der Waals surface area (Å²) in [6.07, 6.45) is 4.05. The van der Waals surface area contributed by atoms with Gasteiger partial charge in [0.25, 0.3) is 5.91 Å². The fourth-order valence-corrected chi connectivity index (χ4v) is 2.08. The van der Waals surface area contributed by atoms with Crippen molar-refractivity contribution in [3.05, 3.63) is 29.2 Å². The Labute approximate surface area is 105 Å². The smallest absolute Gasteiger partial charge is 0.256 e. The van der Waals surface area contributed by atoms with Crippen molar-refractivity contribution in [1.29, 1.82) is 0 Å². The summed E-state index contributed by atoms with van der Waals surface area (Å²) in [7, 11) is 0. The van der Waals surface area contributed by atoms with Crippen molar-refractivity contribution >= 4 is 11.6 Å². The summed E-state index contributed by atoms with van der Waals surface area (Å²) in [6, 6.07) is 1.95. The number of nitrogens with one attached hydrogen (secondary N) is 1. The van der Waals surface area contributed by atoms with Crippen LogP contribution < -0.4 is 5.32 Å². The molecule has 1 saturated carbocycles. The molecule has 18 heavy (non-hydrogen) atoms. The molecule has 1 amide bonds. The van der Waals surface area contributed by atoms with E-state index >= 15 is 0 Å². The average molecular weight is 244 g/mol. The van der Waals surface area contributed by atoms with E-state index in [-0.39, 0.29) is 5.91 Å². The van der Waals surface area contributed by atoms with E-state index in [0.717, 1.165) is 17.9 Å². The van der Waals surface area contributed by atoms with Crippen LogP contribution in [0.15, 0.2) is 12.3 Å². The highest BCUT2D eigenvalue weighted by molar-refractivity contribution is 5.99. The second-order valence-corrected chi connectivity index (χ2v) is 4.99. The Morgan fingerprint density at radius 1 is 1.50 bits per heavy atom. The zero-order valence-corrected chi connectivity index (χ0v) is 10.6. The Balaban J connectivity index is 1.93. The lowest BCUT2D eigenvalue weighted by Crippen LogP contribution is -2.25. The summed E-state index contributed by atoms with van der Waals surface area (Å²) in [5, 5.41) is 7.16. The van der Waals surface area contributed by atoms with Crippen molar-refractivity contribution in [3.8, 4) is 0 Å². The van der Waals surface area contributed by atoms with Crippen LogP contribution in [-0.4, -0.2) is 27.0 Å². The molecule has 0 unspecified atom stereocenters. The number of hydrogen-bond acceptors (Lipinski definition) is 3. The fourth-order valence-electron chi connectivity index (χ4n) is 2.08. The number of carbonyl (C=O) groups is 1. The second-order valence-electron chi connectivity index (χ2n) is 4.99. The quantitative estimate of drug-likeness (QED) is 0.889. The van der Waals surface area contributed by atoms with Gasteiger partial charge in [-0.25, -0.2) is 9.50 Å². The first-order valence-electron chi connectivity index (χ1n) is 6.25. The summed E-state index contributed by atoms with van der Waals surface area (Å²) in [4.78, 5) is 16.5. The zero-order chi connectivity index (χ0) is 12.7. The Kier molecular flexibility index (Phi) is 2.54. The molecule has 94 valence electrons. The van der Waals surface area contributed by atoms with Crippen LogP contribution in [0.2, 0.25) is 0 Å². The van der Waals surface area contributed by atoms with Crippen molar-refractivity contribution in [1.82, 2.24) is 19.9 Å². The van der Waals surface area contributed by atoms with Crippen molar-refractivity contribution in [2.75, 3.05) is 6.54 Å². The fraction of sp³-hybridized carbons (Fsp3) is 0.462. The van der Waals surface area contributed by atoms with Crippen molar-refractivity contribution in [2.24, 2.45) is 5.92 Å². The molecular formula is C13H16N4O. The maximum Gasteiger partial charge on any atom is 0.256 e. The molecule has 0 aliphatic heterocycles. The zero-order valence-electron chi connectivity index (χ0n) is 10.6. The Bertz CT molecular complexity index is 613. The molecule has 0 atom stereocenters. The molecule has 3 rings (SSSR count). The number of aryl methyl sites for hydroxylation is 2. The maximum atomic E-state index is 12.1. The summed E-state index contributed by atoms with van der Waals surface area (Å²) < 4.78 is 1.71. The molecule has 5 nitrogen and oxygen atoms in total. The molecular weight excluding hydrogens is 228 g/mol. The first-order valence-corrected chi connectivity index (χ1v) is 6.25. The molecule has 2 aromatic heterocycles. The molecule has 1 N–H and O–H groups in total. The molecule has 0 spiro atoms. The predicted octanol–water partition coefficient (Wildman–Crippen LogP) is 1.49. The van der Waals surface area contributed by atoms with Gasteiger partial charge in [-0.2, -0.15) is 5.10 Å². The Morgan fingerprint density at radius 2 is 2.28 bits per heavy atom. The van der Waals surface area contributed by atoms with Crippen LogP contribution in [-0.2, 0) is 0 Å². The molecule has 0 radical (unpaired) electrons. The minimum Gasteiger partial charge on any atom is -0.352 e. The standard InChI is InChI=1S/C13H16N4O/c1-8-5-9(2)17-12(16-8)11(7-15-17)13(18)14-6-10-3-4-10/h5,7,10H,3-4,6H2,1-2H3,(H,14,18). The van der Waals surface area contributed by atoms with E-state index in [1.165, 1.54) is 12.8 Å². The van der Waals surface area contributed by atoms with Crippen LogP contribution in [0.5, 0.6) is 0 Å². The third-order valence-corrected chi connectivity index (χ3v) is 3.27. The maximum absolute atomic E-state index is 12.1. The van der Waals surface area contributed by atoms with E-state index in [2.05, 4.69) is 15.4 Å². The predicted molar refractivity (Wildman–Crippen MR) is 67.5 cm³/mol. The van der Waals surface area contributed by atoms with Crippen LogP contribution in [0.4, 0.5) is 0 Å². The van der Waals surface area contributed by atoms with Gasteiger partial charge < -0.3 is 5.32 Å². The van der Waals surface area contributed by atoms with Crippen molar-refractivity contribution < 1.29 is 4.79 Å².